The number of phosphoric acid groups is 1. The first-order valence-electron chi connectivity index (χ1n) is 28.5. The van der Waals surface area contributed by atoms with Crippen LogP contribution in [0.3, 0.4) is 0 Å². The maximum atomic E-state index is 12.9. The number of carbonyl (C=O) groups excluding carboxylic acids is 3. The molecule has 3 unspecified atom stereocenters. The molecule has 3 atom stereocenters. The lowest BCUT2D eigenvalue weighted by atomic mass is 10.1. The fourth-order valence-corrected chi connectivity index (χ4v) is 8.25. The predicted molar refractivity (Wildman–Crippen MR) is 298 cm³/mol. The van der Waals surface area contributed by atoms with Crippen LogP contribution in [0.1, 0.15) is 239 Å². The van der Waals surface area contributed by atoms with Gasteiger partial charge in [-0.2, -0.15) is 0 Å². The molecule has 0 aromatic carbocycles. The van der Waals surface area contributed by atoms with E-state index < -0.39 is 57.8 Å². The van der Waals surface area contributed by atoms with E-state index in [0.717, 1.165) is 109 Å². The summed E-state index contributed by atoms with van der Waals surface area (Å²) in [5.74, 6) is -1.53. The summed E-state index contributed by atoms with van der Waals surface area (Å²) in [7, 11) is -4.76. The second-order valence-electron chi connectivity index (χ2n) is 18.7. The van der Waals surface area contributed by atoms with Crippen molar-refractivity contribution >= 4 is 25.7 Å². The van der Waals surface area contributed by atoms with E-state index in [1.165, 1.54) is 70.6 Å². The highest BCUT2D eigenvalue weighted by Crippen LogP contribution is 2.43. The van der Waals surface area contributed by atoms with Crippen LogP contribution in [0, 0.1) is 0 Å². The summed E-state index contributed by atoms with van der Waals surface area (Å²) >= 11 is 0. The molecule has 0 aromatic rings. The summed E-state index contributed by atoms with van der Waals surface area (Å²) in [5, 5.41) is 9.79. The van der Waals surface area contributed by atoms with Crippen LogP contribution >= 0.6 is 7.82 Å². The molecular formula is C60H103O11P. The third kappa shape index (κ3) is 51.6. The number of phosphoric ester groups is 1. The first-order valence-corrected chi connectivity index (χ1v) is 30.0. The SMILES string of the molecule is CC/C=C\C/C=C\C/C=C\C/C=C\CCCCC(=O)OC(COC(=O)CCCCCCCC/C=C\C/C=C\C/C=C\CCCCC)COP(=O)(O)OCC(CO)OC(=O)CCCCCCCCCCCCC. The van der Waals surface area contributed by atoms with Crippen molar-refractivity contribution in [2.75, 3.05) is 26.4 Å². The second kappa shape index (κ2) is 53.9. The van der Waals surface area contributed by atoms with E-state index in [1.807, 2.05) is 0 Å². The zero-order valence-corrected chi connectivity index (χ0v) is 46.5. The summed E-state index contributed by atoms with van der Waals surface area (Å²) in [5.41, 5.74) is 0. The number of ether oxygens (including phenoxy) is 3. The molecule has 0 aliphatic carbocycles. The molecule has 0 aliphatic heterocycles. The minimum Gasteiger partial charge on any atom is -0.462 e. The van der Waals surface area contributed by atoms with Crippen molar-refractivity contribution < 1.29 is 52.2 Å². The largest absolute Gasteiger partial charge is 0.472 e. The number of esters is 3. The van der Waals surface area contributed by atoms with Gasteiger partial charge < -0.3 is 24.2 Å². The van der Waals surface area contributed by atoms with Crippen molar-refractivity contribution in [1.82, 2.24) is 0 Å². The molecule has 0 fully saturated rings. The molecule has 0 saturated heterocycles. The lowest BCUT2D eigenvalue weighted by Crippen LogP contribution is -2.30. The van der Waals surface area contributed by atoms with Gasteiger partial charge in [0.15, 0.2) is 6.10 Å². The number of rotatable bonds is 52. The molecule has 0 heterocycles. The van der Waals surface area contributed by atoms with Gasteiger partial charge in [0.05, 0.1) is 19.8 Å². The Morgan fingerprint density at radius 3 is 1.17 bits per heavy atom. The van der Waals surface area contributed by atoms with E-state index in [1.54, 1.807) is 0 Å². The first-order chi connectivity index (χ1) is 35.2. The number of hydrogen-bond acceptors (Lipinski definition) is 10. The Labute approximate surface area is 439 Å². The van der Waals surface area contributed by atoms with Gasteiger partial charge in [-0.1, -0.05) is 209 Å². The summed E-state index contributed by atoms with van der Waals surface area (Å²) < 4.78 is 39.4. The Balaban J connectivity index is 4.80. The lowest BCUT2D eigenvalue weighted by molar-refractivity contribution is -0.161. The zero-order valence-electron chi connectivity index (χ0n) is 45.6. The molecule has 0 saturated carbocycles. The molecule has 414 valence electrons. The van der Waals surface area contributed by atoms with Crippen molar-refractivity contribution in [1.29, 1.82) is 0 Å². The summed E-state index contributed by atoms with van der Waals surface area (Å²) in [6.45, 7) is 4.43. The van der Waals surface area contributed by atoms with E-state index >= 15 is 0 Å². The fourth-order valence-electron chi connectivity index (χ4n) is 7.47. The van der Waals surface area contributed by atoms with Gasteiger partial charge in [-0.05, 0) is 96.3 Å². The van der Waals surface area contributed by atoms with E-state index in [0.29, 0.717) is 19.3 Å². The van der Waals surface area contributed by atoms with Crippen molar-refractivity contribution in [2.24, 2.45) is 0 Å². The highest BCUT2D eigenvalue weighted by atomic mass is 31.2. The zero-order chi connectivity index (χ0) is 52.7. The van der Waals surface area contributed by atoms with Crippen LogP contribution in [0.5, 0.6) is 0 Å². The lowest BCUT2D eigenvalue weighted by Gasteiger charge is -2.21. The van der Waals surface area contributed by atoms with E-state index in [2.05, 4.69) is 106 Å². The Morgan fingerprint density at radius 1 is 0.403 bits per heavy atom. The standard InChI is InChI=1S/C60H103O11P/c1-4-7-10-13-16-19-22-24-26-27-28-29-31-32-35-37-40-43-46-49-58(62)67-53-57(71-60(64)51-48-45-42-39-36-33-30-25-23-20-17-14-11-8-5-2)55-69-72(65,66)68-54-56(52-61)70-59(63)50-47-44-41-38-34-21-18-15-12-9-6-3/h8,11,16-17,19-20,24-26,28-30,36,39,56-57,61H,4-7,9-10,12-15,18,21-23,27,31-35,37-38,40-55H2,1-3H3,(H,65,66)/b11-8-,19-16-,20-17-,26-24-,29-28-,30-25-,39-36-. The molecule has 0 spiro atoms. The van der Waals surface area contributed by atoms with Gasteiger partial charge in [0.1, 0.15) is 12.7 Å². The maximum absolute atomic E-state index is 12.9. The van der Waals surface area contributed by atoms with Gasteiger partial charge in [-0.15, -0.1) is 0 Å². The molecule has 0 rings (SSSR count). The molecule has 72 heavy (non-hydrogen) atoms. The number of aliphatic hydroxyl groups is 1. The molecule has 0 aliphatic rings. The summed E-state index contributed by atoms with van der Waals surface area (Å²) in [6, 6.07) is 0. The monoisotopic (exact) mass is 1030 g/mol. The summed E-state index contributed by atoms with van der Waals surface area (Å²) in [4.78, 5) is 48.5. The smallest absolute Gasteiger partial charge is 0.462 e. The number of hydrogen-bond donors (Lipinski definition) is 2. The van der Waals surface area contributed by atoms with Crippen LogP contribution in [0.15, 0.2) is 85.1 Å². The normalized spacial score (nSPS) is 14.0. The average molecular weight is 1030 g/mol. The highest BCUT2D eigenvalue weighted by Gasteiger charge is 2.28. The van der Waals surface area contributed by atoms with Crippen LogP contribution in [0.2, 0.25) is 0 Å². The molecule has 0 aromatic heterocycles. The molecule has 0 bridgehead atoms. The second-order valence-corrected chi connectivity index (χ2v) is 20.2. The highest BCUT2D eigenvalue weighted by molar-refractivity contribution is 7.47. The number of allylic oxidation sites excluding steroid dienone is 14. The van der Waals surface area contributed by atoms with Crippen LogP contribution in [-0.2, 0) is 42.2 Å². The predicted octanol–water partition coefficient (Wildman–Crippen LogP) is 16.7. The van der Waals surface area contributed by atoms with E-state index in [9.17, 15) is 28.9 Å². The molecule has 0 amide bonds. The molecule has 12 heteroatoms. The third-order valence-corrected chi connectivity index (χ3v) is 12.8. The summed E-state index contributed by atoms with van der Waals surface area (Å²) in [6.07, 6.45) is 61.2. The van der Waals surface area contributed by atoms with Gasteiger partial charge in [-0.3, -0.25) is 23.4 Å². The van der Waals surface area contributed by atoms with Gasteiger partial charge in [0.2, 0.25) is 0 Å². The van der Waals surface area contributed by atoms with Crippen molar-refractivity contribution in [2.45, 2.75) is 251 Å². The van der Waals surface area contributed by atoms with E-state index in [4.69, 9.17) is 23.3 Å². The molecule has 0 radical (unpaired) electrons. The van der Waals surface area contributed by atoms with Gasteiger partial charge in [0, 0.05) is 19.3 Å². The van der Waals surface area contributed by atoms with Gasteiger partial charge >= 0.3 is 25.7 Å². The van der Waals surface area contributed by atoms with Gasteiger partial charge in [0.25, 0.3) is 0 Å². The van der Waals surface area contributed by atoms with Crippen LogP contribution in [0.25, 0.3) is 0 Å². The molecule has 11 nitrogen and oxygen atoms in total. The quantitative estimate of drug-likeness (QED) is 0.0197. The Kier molecular flexibility index (Phi) is 51.4. The third-order valence-electron chi connectivity index (χ3n) is 11.8. The minimum atomic E-state index is -4.76. The topological polar surface area (TPSA) is 155 Å². The Hall–Kier alpha value is -3.34. The number of unbranched alkanes of at least 4 members (excludes halogenated alkanes) is 21. The maximum Gasteiger partial charge on any atom is 0.472 e. The number of carbonyl (C=O) groups is 3. The Bertz CT molecular complexity index is 1530. The first kappa shape index (κ1) is 68.7. The molecular weight excluding hydrogens is 928 g/mol. The molecule has 2 N–H and O–H groups in total. The fraction of sp³-hybridized carbons (Fsp3) is 0.717. The van der Waals surface area contributed by atoms with Crippen molar-refractivity contribution in [3.8, 4) is 0 Å². The van der Waals surface area contributed by atoms with Crippen molar-refractivity contribution in [3.63, 3.8) is 0 Å². The van der Waals surface area contributed by atoms with E-state index in [-0.39, 0.29) is 25.9 Å². The Morgan fingerprint density at radius 2 is 0.722 bits per heavy atom. The average Bonchev–Trinajstić information content (AvgIpc) is 3.37. The van der Waals surface area contributed by atoms with Crippen molar-refractivity contribution in [3.05, 3.63) is 85.1 Å². The van der Waals surface area contributed by atoms with Crippen LogP contribution in [-0.4, -0.2) is 66.5 Å². The number of aliphatic hydroxyl groups excluding tert-OH is 1. The van der Waals surface area contributed by atoms with Gasteiger partial charge in [-0.25, -0.2) is 4.57 Å². The van der Waals surface area contributed by atoms with Crippen LogP contribution < -0.4 is 0 Å². The minimum absolute atomic E-state index is 0.110. The van der Waals surface area contributed by atoms with Crippen LogP contribution in [0.4, 0.5) is 0 Å².